The Labute approximate surface area is 124 Å². The third-order valence-corrected chi connectivity index (χ3v) is 4.75. The van der Waals surface area contributed by atoms with E-state index < -0.39 is 10.0 Å². The van der Waals surface area contributed by atoms with Crippen molar-refractivity contribution in [2.24, 2.45) is 5.73 Å². The van der Waals surface area contributed by atoms with Gasteiger partial charge in [0, 0.05) is 12.6 Å². The second kappa shape index (κ2) is 6.15. The van der Waals surface area contributed by atoms with Gasteiger partial charge in [0.2, 0.25) is 0 Å². The van der Waals surface area contributed by atoms with Gasteiger partial charge < -0.3 is 10.5 Å². The second-order valence-corrected chi connectivity index (χ2v) is 6.23. The first-order chi connectivity index (χ1) is 9.97. The van der Waals surface area contributed by atoms with Crippen molar-refractivity contribution in [3.63, 3.8) is 0 Å². The van der Waals surface area contributed by atoms with Crippen LogP contribution in [0.15, 0.2) is 47.4 Å². The van der Waals surface area contributed by atoms with Crippen LogP contribution >= 0.6 is 0 Å². The maximum absolute atomic E-state index is 12.5. The summed E-state index contributed by atoms with van der Waals surface area (Å²) in [6.45, 7) is 2.05. The van der Waals surface area contributed by atoms with Crippen LogP contribution in [0.4, 0.5) is 5.69 Å². The van der Waals surface area contributed by atoms with Crippen molar-refractivity contribution < 1.29 is 13.2 Å². The topological polar surface area (TPSA) is 81.4 Å². The van der Waals surface area contributed by atoms with Gasteiger partial charge in [-0.2, -0.15) is 0 Å². The van der Waals surface area contributed by atoms with Crippen molar-refractivity contribution >= 4 is 15.7 Å². The number of nitrogens with two attached hydrogens (primary N) is 1. The zero-order chi connectivity index (χ0) is 15.5. The molecule has 2 aromatic rings. The lowest BCUT2D eigenvalue weighted by molar-refractivity contribution is 0.415. The van der Waals surface area contributed by atoms with Gasteiger partial charge in [0.05, 0.1) is 17.7 Å². The molecular formula is C15H18N2O3S. The molecule has 0 bridgehead atoms. The Hall–Kier alpha value is -2.05. The van der Waals surface area contributed by atoms with Gasteiger partial charge in [0.15, 0.2) is 0 Å². The van der Waals surface area contributed by atoms with Crippen molar-refractivity contribution in [1.29, 1.82) is 0 Å². The minimum atomic E-state index is -3.66. The maximum atomic E-state index is 12.5. The largest absolute Gasteiger partial charge is 0.497 e. The van der Waals surface area contributed by atoms with E-state index in [1.54, 1.807) is 43.3 Å². The Kier molecular flexibility index (Phi) is 4.50. The number of rotatable bonds is 5. The number of anilines is 1. The summed E-state index contributed by atoms with van der Waals surface area (Å²) in [5, 5.41) is 0. The number of ether oxygens (including phenoxy) is 1. The van der Waals surface area contributed by atoms with Gasteiger partial charge in [0.1, 0.15) is 5.75 Å². The maximum Gasteiger partial charge on any atom is 0.262 e. The lowest BCUT2D eigenvalue weighted by Crippen LogP contribution is -2.15. The number of benzene rings is 2. The molecule has 2 aromatic carbocycles. The SMILES string of the molecule is COc1cccc(NS(=O)(=O)c2cccc(CN)c2C)c1. The summed E-state index contributed by atoms with van der Waals surface area (Å²) in [5.74, 6) is 0.586. The molecule has 0 aliphatic heterocycles. The number of sulfonamides is 1. The Morgan fingerprint density at radius 1 is 1.19 bits per heavy atom. The van der Waals surface area contributed by atoms with Gasteiger partial charge >= 0.3 is 0 Å². The fourth-order valence-electron chi connectivity index (χ4n) is 2.07. The molecule has 0 saturated heterocycles. The molecule has 0 atom stereocenters. The van der Waals surface area contributed by atoms with Crippen molar-refractivity contribution in [3.8, 4) is 5.75 Å². The van der Waals surface area contributed by atoms with E-state index in [-0.39, 0.29) is 4.90 Å². The predicted molar refractivity (Wildman–Crippen MR) is 82.9 cm³/mol. The third-order valence-electron chi connectivity index (χ3n) is 3.23. The zero-order valence-electron chi connectivity index (χ0n) is 12.0. The molecule has 3 N–H and O–H groups in total. The molecular weight excluding hydrogens is 288 g/mol. The molecule has 0 fully saturated rings. The monoisotopic (exact) mass is 306 g/mol. The van der Waals surface area contributed by atoms with Gasteiger partial charge in [0.25, 0.3) is 10.0 Å². The molecule has 6 heteroatoms. The van der Waals surface area contributed by atoms with Crippen LogP contribution in [0.3, 0.4) is 0 Å². The normalized spacial score (nSPS) is 11.2. The summed E-state index contributed by atoms with van der Waals surface area (Å²) in [6, 6.07) is 11.8. The first-order valence-corrected chi connectivity index (χ1v) is 7.91. The van der Waals surface area contributed by atoms with Crippen LogP contribution in [0.5, 0.6) is 5.75 Å². The van der Waals surface area contributed by atoms with Gasteiger partial charge in [-0.25, -0.2) is 8.42 Å². The molecule has 21 heavy (non-hydrogen) atoms. The molecule has 112 valence electrons. The lowest BCUT2D eigenvalue weighted by Gasteiger charge is -2.13. The van der Waals surface area contributed by atoms with E-state index in [1.165, 1.54) is 7.11 Å². The third kappa shape index (κ3) is 3.34. The van der Waals surface area contributed by atoms with E-state index in [4.69, 9.17) is 10.5 Å². The molecule has 0 heterocycles. The summed E-state index contributed by atoms with van der Waals surface area (Å²) < 4.78 is 32.6. The average molecular weight is 306 g/mol. The first kappa shape index (κ1) is 15.3. The quantitative estimate of drug-likeness (QED) is 0.888. The molecule has 0 aliphatic rings. The highest BCUT2D eigenvalue weighted by molar-refractivity contribution is 7.92. The Morgan fingerprint density at radius 3 is 2.57 bits per heavy atom. The van der Waals surface area contributed by atoms with Crippen LogP contribution in [0.25, 0.3) is 0 Å². The van der Waals surface area contributed by atoms with Crippen molar-refractivity contribution in [3.05, 3.63) is 53.6 Å². The Morgan fingerprint density at radius 2 is 1.90 bits per heavy atom. The van der Waals surface area contributed by atoms with Gasteiger partial charge in [-0.05, 0) is 36.2 Å². The van der Waals surface area contributed by atoms with Crippen LogP contribution in [0.1, 0.15) is 11.1 Å². The van der Waals surface area contributed by atoms with Crippen molar-refractivity contribution in [2.45, 2.75) is 18.4 Å². The lowest BCUT2D eigenvalue weighted by atomic mass is 10.1. The predicted octanol–water partition coefficient (Wildman–Crippen LogP) is 2.26. The van der Waals surface area contributed by atoms with E-state index in [2.05, 4.69) is 4.72 Å². The average Bonchev–Trinajstić information content (AvgIpc) is 2.47. The van der Waals surface area contributed by atoms with Crippen LogP contribution < -0.4 is 15.2 Å². The molecule has 0 amide bonds. The number of methoxy groups -OCH3 is 1. The van der Waals surface area contributed by atoms with E-state index >= 15 is 0 Å². The number of hydrogen-bond acceptors (Lipinski definition) is 4. The number of nitrogens with one attached hydrogen (secondary N) is 1. The molecule has 0 aliphatic carbocycles. The van der Waals surface area contributed by atoms with Gasteiger partial charge in [-0.1, -0.05) is 18.2 Å². The molecule has 0 spiro atoms. The van der Waals surface area contributed by atoms with E-state index in [0.717, 1.165) is 5.56 Å². The fraction of sp³-hybridized carbons (Fsp3) is 0.200. The van der Waals surface area contributed by atoms with Gasteiger partial charge in [-0.15, -0.1) is 0 Å². The smallest absolute Gasteiger partial charge is 0.262 e. The fourth-order valence-corrected chi connectivity index (χ4v) is 3.41. The summed E-state index contributed by atoms with van der Waals surface area (Å²) in [7, 11) is -2.13. The van der Waals surface area contributed by atoms with Crippen LogP contribution in [-0.2, 0) is 16.6 Å². The zero-order valence-corrected chi connectivity index (χ0v) is 12.8. The summed E-state index contributed by atoms with van der Waals surface area (Å²) in [6.07, 6.45) is 0. The Bertz CT molecular complexity index is 742. The van der Waals surface area contributed by atoms with Crippen molar-refractivity contribution in [2.75, 3.05) is 11.8 Å². The molecule has 0 saturated carbocycles. The summed E-state index contributed by atoms with van der Waals surface area (Å²) >= 11 is 0. The molecule has 0 unspecified atom stereocenters. The van der Waals surface area contributed by atoms with Crippen molar-refractivity contribution in [1.82, 2.24) is 0 Å². The summed E-state index contributed by atoms with van der Waals surface area (Å²) in [4.78, 5) is 0.230. The van der Waals surface area contributed by atoms with Crippen LogP contribution in [-0.4, -0.2) is 15.5 Å². The molecule has 0 radical (unpaired) electrons. The molecule has 2 rings (SSSR count). The number of hydrogen-bond donors (Lipinski definition) is 2. The molecule has 0 aromatic heterocycles. The highest BCUT2D eigenvalue weighted by Gasteiger charge is 2.18. The van der Waals surface area contributed by atoms with Gasteiger partial charge in [-0.3, -0.25) is 4.72 Å². The minimum Gasteiger partial charge on any atom is -0.497 e. The summed E-state index contributed by atoms with van der Waals surface area (Å²) in [5.41, 5.74) is 7.54. The minimum absolute atomic E-state index is 0.230. The second-order valence-electron chi connectivity index (χ2n) is 4.58. The Balaban J connectivity index is 2.38. The van der Waals surface area contributed by atoms with E-state index in [1.807, 2.05) is 6.07 Å². The highest BCUT2D eigenvalue weighted by Crippen LogP contribution is 2.23. The standard InChI is InChI=1S/C15H18N2O3S/c1-11-12(10-16)5-3-8-15(11)21(18,19)17-13-6-4-7-14(9-13)20-2/h3-9,17H,10,16H2,1-2H3. The van der Waals surface area contributed by atoms with E-state index in [0.29, 0.717) is 23.5 Å². The molecule has 5 nitrogen and oxygen atoms in total. The highest BCUT2D eigenvalue weighted by atomic mass is 32.2. The van der Waals surface area contributed by atoms with Crippen LogP contribution in [0.2, 0.25) is 0 Å². The first-order valence-electron chi connectivity index (χ1n) is 6.43. The van der Waals surface area contributed by atoms with E-state index in [9.17, 15) is 8.42 Å². The van der Waals surface area contributed by atoms with Crippen LogP contribution in [0, 0.1) is 6.92 Å².